The van der Waals surface area contributed by atoms with Gasteiger partial charge < -0.3 is 4.74 Å². The average molecular weight is 283 g/mol. The minimum atomic E-state index is -0.318. The molecule has 1 aromatic carbocycles. The van der Waals surface area contributed by atoms with E-state index in [4.69, 9.17) is 4.74 Å². The summed E-state index contributed by atoms with van der Waals surface area (Å²) in [6, 6.07) is 7.16. The molecule has 0 fully saturated rings. The predicted octanol–water partition coefficient (Wildman–Crippen LogP) is 2.96. The molecule has 0 atom stereocenters. The van der Waals surface area contributed by atoms with E-state index in [-0.39, 0.29) is 5.97 Å². The SMILES string of the molecule is C=NN1C=CC(c2ccc(C(=O)OCC)cc2)=N/C1=C/C. The van der Waals surface area contributed by atoms with Crippen LogP contribution in [-0.2, 0) is 4.74 Å². The van der Waals surface area contributed by atoms with Gasteiger partial charge in [-0.1, -0.05) is 12.1 Å². The van der Waals surface area contributed by atoms with Crippen LogP contribution >= 0.6 is 0 Å². The molecule has 0 bridgehead atoms. The highest BCUT2D eigenvalue weighted by Crippen LogP contribution is 2.17. The van der Waals surface area contributed by atoms with Crippen LogP contribution in [-0.4, -0.2) is 30.0 Å². The third-order valence-electron chi connectivity index (χ3n) is 2.95. The Hall–Kier alpha value is -2.69. The Morgan fingerprint density at radius 1 is 1.43 bits per heavy atom. The van der Waals surface area contributed by atoms with E-state index in [2.05, 4.69) is 16.8 Å². The Bertz CT molecular complexity index is 627. The van der Waals surface area contributed by atoms with Gasteiger partial charge in [-0.3, -0.25) is 0 Å². The zero-order valence-electron chi connectivity index (χ0n) is 12.1. The van der Waals surface area contributed by atoms with Crippen molar-refractivity contribution in [2.75, 3.05) is 6.61 Å². The fourth-order valence-electron chi connectivity index (χ4n) is 1.90. The van der Waals surface area contributed by atoms with E-state index in [0.717, 1.165) is 11.3 Å². The molecule has 0 spiro atoms. The number of hydrogen-bond donors (Lipinski definition) is 0. The van der Waals surface area contributed by atoms with Crippen LogP contribution in [0.15, 0.2) is 58.5 Å². The first-order valence-electron chi connectivity index (χ1n) is 6.66. The molecule has 0 saturated heterocycles. The molecule has 1 aliphatic rings. The molecule has 0 aliphatic carbocycles. The smallest absolute Gasteiger partial charge is 0.338 e. The Balaban J connectivity index is 2.24. The lowest BCUT2D eigenvalue weighted by Gasteiger charge is -2.18. The summed E-state index contributed by atoms with van der Waals surface area (Å²) in [5.41, 5.74) is 2.25. The van der Waals surface area contributed by atoms with E-state index >= 15 is 0 Å². The normalized spacial score (nSPS) is 15.8. The summed E-state index contributed by atoms with van der Waals surface area (Å²) in [5, 5.41) is 5.44. The van der Waals surface area contributed by atoms with E-state index in [0.29, 0.717) is 18.0 Å². The van der Waals surface area contributed by atoms with Gasteiger partial charge in [-0.2, -0.15) is 5.10 Å². The van der Waals surface area contributed by atoms with Gasteiger partial charge in [0.2, 0.25) is 0 Å². The summed E-state index contributed by atoms with van der Waals surface area (Å²) in [7, 11) is 0. The Kier molecular flexibility index (Phi) is 4.66. The van der Waals surface area contributed by atoms with Crippen LogP contribution in [0.4, 0.5) is 0 Å². The minimum Gasteiger partial charge on any atom is -0.462 e. The van der Waals surface area contributed by atoms with Crippen LogP contribution in [0.25, 0.3) is 0 Å². The molecule has 1 aliphatic heterocycles. The van der Waals surface area contributed by atoms with Crippen molar-refractivity contribution in [3.8, 4) is 0 Å². The summed E-state index contributed by atoms with van der Waals surface area (Å²) in [4.78, 5) is 16.1. The highest BCUT2D eigenvalue weighted by molar-refractivity contribution is 6.10. The maximum atomic E-state index is 11.6. The summed E-state index contributed by atoms with van der Waals surface area (Å²) in [5.74, 6) is 0.387. The molecular formula is C16H17N3O2. The summed E-state index contributed by atoms with van der Waals surface area (Å²) in [6.45, 7) is 7.53. The molecule has 1 aromatic rings. The molecule has 0 amide bonds. The van der Waals surface area contributed by atoms with Crippen LogP contribution < -0.4 is 0 Å². The highest BCUT2D eigenvalue weighted by Gasteiger charge is 2.12. The van der Waals surface area contributed by atoms with Crippen molar-refractivity contribution in [2.24, 2.45) is 10.1 Å². The molecule has 0 unspecified atom stereocenters. The van der Waals surface area contributed by atoms with Gasteiger partial charge in [0.05, 0.1) is 17.9 Å². The van der Waals surface area contributed by atoms with Crippen molar-refractivity contribution in [3.63, 3.8) is 0 Å². The Labute approximate surface area is 123 Å². The third-order valence-corrected chi connectivity index (χ3v) is 2.95. The number of esters is 1. The van der Waals surface area contributed by atoms with Gasteiger partial charge >= 0.3 is 5.97 Å². The van der Waals surface area contributed by atoms with Crippen LogP contribution in [0.1, 0.15) is 29.8 Å². The number of nitrogens with zero attached hydrogens (tertiary/aromatic N) is 3. The van der Waals surface area contributed by atoms with E-state index in [1.165, 1.54) is 0 Å². The molecule has 0 radical (unpaired) electrons. The second kappa shape index (κ2) is 6.65. The topological polar surface area (TPSA) is 54.3 Å². The average Bonchev–Trinajstić information content (AvgIpc) is 2.54. The number of carbonyl (C=O) groups is 1. The van der Waals surface area contributed by atoms with Gasteiger partial charge in [0.15, 0.2) is 0 Å². The number of carbonyl (C=O) groups excluding carboxylic acids is 1. The van der Waals surface area contributed by atoms with Crippen molar-refractivity contribution in [3.05, 3.63) is 59.6 Å². The third kappa shape index (κ3) is 3.25. The van der Waals surface area contributed by atoms with Gasteiger partial charge in [0.25, 0.3) is 0 Å². The monoisotopic (exact) mass is 283 g/mol. The number of aliphatic imine (C=N–C) groups is 1. The lowest BCUT2D eigenvalue weighted by atomic mass is 10.1. The molecule has 108 valence electrons. The van der Waals surface area contributed by atoms with Crippen molar-refractivity contribution < 1.29 is 9.53 Å². The first-order valence-corrected chi connectivity index (χ1v) is 6.66. The molecule has 5 heteroatoms. The van der Waals surface area contributed by atoms with Crippen molar-refractivity contribution in [2.45, 2.75) is 13.8 Å². The van der Waals surface area contributed by atoms with Crippen LogP contribution in [0.5, 0.6) is 0 Å². The van der Waals surface area contributed by atoms with Gasteiger partial charge in [-0.25, -0.2) is 14.8 Å². The van der Waals surface area contributed by atoms with Crippen molar-refractivity contribution in [1.29, 1.82) is 0 Å². The first-order chi connectivity index (χ1) is 10.2. The molecular weight excluding hydrogens is 266 g/mol. The molecule has 1 heterocycles. The zero-order valence-corrected chi connectivity index (χ0v) is 12.1. The molecule has 0 N–H and O–H groups in total. The predicted molar refractivity (Wildman–Crippen MR) is 83.2 cm³/mol. The van der Waals surface area contributed by atoms with Crippen LogP contribution in [0.2, 0.25) is 0 Å². The Morgan fingerprint density at radius 2 is 2.14 bits per heavy atom. The van der Waals surface area contributed by atoms with Gasteiger partial charge in [0.1, 0.15) is 5.82 Å². The highest BCUT2D eigenvalue weighted by atomic mass is 16.5. The van der Waals surface area contributed by atoms with Gasteiger partial charge in [-0.15, -0.1) is 0 Å². The van der Waals surface area contributed by atoms with E-state index in [1.807, 2.05) is 31.2 Å². The molecule has 0 aromatic heterocycles. The van der Waals surface area contributed by atoms with Crippen molar-refractivity contribution in [1.82, 2.24) is 5.01 Å². The van der Waals surface area contributed by atoms with E-state index in [1.54, 1.807) is 30.3 Å². The van der Waals surface area contributed by atoms with Crippen molar-refractivity contribution >= 4 is 18.4 Å². The van der Waals surface area contributed by atoms with Crippen LogP contribution in [0.3, 0.4) is 0 Å². The fourth-order valence-corrected chi connectivity index (χ4v) is 1.90. The minimum absolute atomic E-state index is 0.318. The second-order valence-corrected chi connectivity index (χ2v) is 4.24. The van der Waals surface area contributed by atoms with E-state index in [9.17, 15) is 4.79 Å². The standard InChI is InChI=1S/C16H17N3O2/c1-4-15-18-14(10-11-19(15)17-3)12-6-8-13(9-7-12)16(20)21-5-2/h4,6-11H,3,5H2,1-2H3/b15-4-. The lowest BCUT2D eigenvalue weighted by Crippen LogP contribution is -2.15. The molecule has 21 heavy (non-hydrogen) atoms. The summed E-state index contributed by atoms with van der Waals surface area (Å²) < 4.78 is 4.96. The van der Waals surface area contributed by atoms with E-state index < -0.39 is 0 Å². The number of hydrogen-bond acceptors (Lipinski definition) is 5. The number of ether oxygens (including phenoxy) is 1. The molecule has 0 saturated carbocycles. The number of allylic oxidation sites excluding steroid dienone is 2. The summed E-state index contributed by atoms with van der Waals surface area (Å²) >= 11 is 0. The molecule has 2 rings (SSSR count). The maximum Gasteiger partial charge on any atom is 0.338 e. The molecule has 5 nitrogen and oxygen atoms in total. The van der Waals surface area contributed by atoms with Gasteiger partial charge in [-0.05, 0) is 38.1 Å². The maximum absolute atomic E-state index is 11.6. The fraction of sp³-hybridized carbons (Fsp3) is 0.188. The largest absolute Gasteiger partial charge is 0.462 e. The Morgan fingerprint density at radius 3 is 2.71 bits per heavy atom. The van der Waals surface area contributed by atoms with Gasteiger partial charge in [0, 0.05) is 18.5 Å². The van der Waals surface area contributed by atoms with Crippen LogP contribution in [0, 0.1) is 0 Å². The quantitative estimate of drug-likeness (QED) is 0.630. The number of benzene rings is 1. The first kappa shape index (κ1) is 14.7. The second-order valence-electron chi connectivity index (χ2n) is 4.24. The lowest BCUT2D eigenvalue weighted by molar-refractivity contribution is 0.0526. The number of hydrazone groups is 1. The zero-order chi connectivity index (χ0) is 15.2. The number of rotatable bonds is 4. The summed E-state index contributed by atoms with van der Waals surface area (Å²) in [6.07, 6.45) is 5.50.